The van der Waals surface area contributed by atoms with Crippen LogP contribution in [-0.2, 0) is 16.1 Å². The van der Waals surface area contributed by atoms with Gasteiger partial charge in [-0.25, -0.2) is 0 Å². The summed E-state index contributed by atoms with van der Waals surface area (Å²) < 4.78 is 0.911. The number of nitrogens with zero attached hydrogens (tertiary/aromatic N) is 1. The first-order valence-corrected chi connectivity index (χ1v) is 8.34. The van der Waals surface area contributed by atoms with Gasteiger partial charge in [0.25, 0.3) is 0 Å². The Labute approximate surface area is 154 Å². The number of benzene rings is 2. The number of carbonyl (C=O) groups is 2. The summed E-state index contributed by atoms with van der Waals surface area (Å²) in [6, 6.07) is 16.6. The highest BCUT2D eigenvalue weighted by molar-refractivity contribution is 9.10. The van der Waals surface area contributed by atoms with Crippen molar-refractivity contribution in [2.75, 3.05) is 5.32 Å². The molecule has 0 aliphatic rings. The summed E-state index contributed by atoms with van der Waals surface area (Å²) in [6.07, 6.45) is 3.02. The Bertz CT molecular complexity index is 841. The predicted molar refractivity (Wildman–Crippen MR) is 100 cm³/mol. The van der Waals surface area contributed by atoms with Crippen LogP contribution in [0.25, 0.3) is 6.08 Å². The average molecular weight is 398 g/mol. The first kappa shape index (κ1) is 18.4. The van der Waals surface area contributed by atoms with Crippen molar-refractivity contribution in [3.05, 3.63) is 70.2 Å². The van der Waals surface area contributed by atoms with Crippen LogP contribution in [0.1, 0.15) is 17.5 Å². The number of nitriles is 1. The van der Waals surface area contributed by atoms with Gasteiger partial charge in [0.15, 0.2) is 0 Å². The van der Waals surface area contributed by atoms with Crippen molar-refractivity contribution in [3.8, 4) is 6.07 Å². The first-order valence-electron chi connectivity index (χ1n) is 7.54. The summed E-state index contributed by atoms with van der Waals surface area (Å²) in [4.78, 5) is 23.4. The van der Waals surface area contributed by atoms with Crippen LogP contribution in [0.15, 0.2) is 59.1 Å². The molecule has 2 aromatic carbocycles. The minimum atomic E-state index is -0.326. The summed E-state index contributed by atoms with van der Waals surface area (Å²) in [7, 11) is 0. The molecule has 6 heteroatoms. The van der Waals surface area contributed by atoms with Gasteiger partial charge in [-0.2, -0.15) is 5.26 Å². The number of carbonyl (C=O) groups excluding carboxylic acids is 2. The van der Waals surface area contributed by atoms with Gasteiger partial charge >= 0.3 is 0 Å². The van der Waals surface area contributed by atoms with Gasteiger partial charge in [-0.15, -0.1) is 0 Å². The Kier molecular flexibility index (Phi) is 6.93. The van der Waals surface area contributed by atoms with Crippen LogP contribution in [0.5, 0.6) is 0 Å². The minimum Gasteiger partial charge on any atom is -0.351 e. The third-order valence-electron chi connectivity index (χ3n) is 3.24. The molecular formula is C19H16BrN3O2. The summed E-state index contributed by atoms with van der Waals surface area (Å²) in [5.41, 5.74) is 2.37. The topological polar surface area (TPSA) is 82.0 Å². The molecule has 2 aromatic rings. The van der Waals surface area contributed by atoms with Gasteiger partial charge in [0, 0.05) is 22.8 Å². The Balaban J connectivity index is 1.95. The summed E-state index contributed by atoms with van der Waals surface area (Å²) in [5.74, 6) is -0.574. The lowest BCUT2D eigenvalue weighted by molar-refractivity contribution is -0.120. The molecule has 0 atom stereocenters. The Morgan fingerprint density at radius 2 is 1.96 bits per heavy atom. The van der Waals surface area contributed by atoms with Gasteiger partial charge < -0.3 is 10.6 Å². The van der Waals surface area contributed by atoms with Crippen LogP contribution in [0, 0.1) is 11.3 Å². The van der Waals surface area contributed by atoms with E-state index in [4.69, 9.17) is 5.26 Å². The number of anilines is 1. The third-order valence-corrected chi connectivity index (χ3v) is 3.97. The fraction of sp³-hybridized carbons (Fsp3) is 0.105. The Morgan fingerprint density at radius 3 is 2.72 bits per heavy atom. The van der Waals surface area contributed by atoms with Crippen LogP contribution in [0.4, 0.5) is 5.69 Å². The van der Waals surface area contributed by atoms with Crippen LogP contribution >= 0.6 is 15.9 Å². The molecule has 0 aliphatic carbocycles. The van der Waals surface area contributed by atoms with Gasteiger partial charge in [-0.05, 0) is 35.4 Å². The third kappa shape index (κ3) is 6.24. The number of nitrogens with one attached hydrogen (secondary N) is 2. The maximum atomic E-state index is 12.0. The predicted octanol–water partition coefficient (Wildman–Crippen LogP) is 3.63. The maximum absolute atomic E-state index is 12.0. The van der Waals surface area contributed by atoms with Crippen molar-refractivity contribution in [1.29, 1.82) is 5.26 Å². The summed E-state index contributed by atoms with van der Waals surface area (Å²) in [5, 5.41) is 13.9. The lowest BCUT2D eigenvalue weighted by Crippen LogP contribution is -2.21. The molecule has 0 heterocycles. The molecule has 0 aromatic heterocycles. The first-order chi connectivity index (χ1) is 12.1. The van der Waals surface area contributed by atoms with E-state index in [0.717, 1.165) is 15.6 Å². The number of rotatable bonds is 6. The molecule has 0 bridgehead atoms. The molecule has 25 heavy (non-hydrogen) atoms. The largest absolute Gasteiger partial charge is 0.351 e. The maximum Gasteiger partial charge on any atom is 0.248 e. The second-order valence-electron chi connectivity index (χ2n) is 5.16. The van der Waals surface area contributed by atoms with E-state index in [-0.39, 0.29) is 18.2 Å². The van der Waals surface area contributed by atoms with E-state index in [1.54, 1.807) is 30.3 Å². The lowest BCUT2D eigenvalue weighted by atomic mass is 10.2. The zero-order chi connectivity index (χ0) is 18.1. The zero-order valence-corrected chi connectivity index (χ0v) is 14.9. The van der Waals surface area contributed by atoms with E-state index in [1.807, 2.05) is 30.3 Å². The van der Waals surface area contributed by atoms with Crippen LogP contribution in [0.3, 0.4) is 0 Å². The Hall–Kier alpha value is -2.91. The average Bonchev–Trinajstić information content (AvgIpc) is 2.60. The highest BCUT2D eigenvalue weighted by atomic mass is 79.9. The molecule has 5 nitrogen and oxygen atoms in total. The lowest BCUT2D eigenvalue weighted by Gasteiger charge is -2.07. The van der Waals surface area contributed by atoms with E-state index in [9.17, 15) is 9.59 Å². The van der Waals surface area contributed by atoms with Crippen molar-refractivity contribution in [1.82, 2.24) is 5.32 Å². The van der Waals surface area contributed by atoms with Crippen molar-refractivity contribution in [2.45, 2.75) is 13.0 Å². The number of hydrogen-bond acceptors (Lipinski definition) is 3. The second kappa shape index (κ2) is 9.40. The van der Waals surface area contributed by atoms with Crippen molar-refractivity contribution >= 4 is 39.5 Å². The summed E-state index contributed by atoms with van der Waals surface area (Å²) in [6.45, 7) is 0.303. The van der Waals surface area contributed by atoms with Crippen LogP contribution in [-0.4, -0.2) is 11.8 Å². The van der Waals surface area contributed by atoms with Crippen molar-refractivity contribution < 1.29 is 9.59 Å². The van der Waals surface area contributed by atoms with Gasteiger partial charge in [-0.1, -0.05) is 46.3 Å². The van der Waals surface area contributed by atoms with E-state index < -0.39 is 0 Å². The van der Waals surface area contributed by atoms with Gasteiger partial charge in [-0.3, -0.25) is 9.59 Å². The zero-order valence-electron chi connectivity index (χ0n) is 13.3. The SMILES string of the molecule is N#CCC(=O)NCc1cccc(NC(=O)/C=C/c2ccccc2Br)c1. The molecule has 126 valence electrons. The molecule has 0 saturated carbocycles. The molecule has 2 N–H and O–H groups in total. The standard InChI is InChI=1S/C19H16BrN3O2/c20-17-7-2-1-5-15(17)8-9-19(25)23-16-6-3-4-14(12-16)13-22-18(24)10-11-21/h1-9,12H,10,13H2,(H,22,24)(H,23,25)/b9-8+. The van der Waals surface area contributed by atoms with Crippen molar-refractivity contribution in [3.63, 3.8) is 0 Å². The van der Waals surface area contributed by atoms with Gasteiger partial charge in [0.05, 0.1) is 6.07 Å². The van der Waals surface area contributed by atoms with Crippen LogP contribution in [0.2, 0.25) is 0 Å². The molecule has 0 radical (unpaired) electrons. The quantitative estimate of drug-likeness (QED) is 0.730. The number of hydrogen-bond donors (Lipinski definition) is 2. The molecule has 0 aliphatic heterocycles. The Morgan fingerprint density at radius 1 is 1.16 bits per heavy atom. The van der Waals surface area contributed by atoms with E-state index >= 15 is 0 Å². The molecular weight excluding hydrogens is 382 g/mol. The smallest absolute Gasteiger partial charge is 0.248 e. The molecule has 0 spiro atoms. The van der Waals surface area contributed by atoms with E-state index in [0.29, 0.717) is 12.2 Å². The molecule has 0 saturated heterocycles. The van der Waals surface area contributed by atoms with Crippen molar-refractivity contribution in [2.24, 2.45) is 0 Å². The van der Waals surface area contributed by atoms with E-state index in [1.165, 1.54) is 6.08 Å². The molecule has 0 fully saturated rings. The van der Waals surface area contributed by atoms with E-state index in [2.05, 4.69) is 26.6 Å². The number of halogens is 1. The number of amides is 2. The molecule has 2 amide bonds. The minimum absolute atomic E-state index is 0.170. The molecule has 0 unspecified atom stereocenters. The second-order valence-corrected chi connectivity index (χ2v) is 6.01. The summed E-state index contributed by atoms with van der Waals surface area (Å²) >= 11 is 3.43. The van der Waals surface area contributed by atoms with Crippen LogP contribution < -0.4 is 10.6 Å². The van der Waals surface area contributed by atoms with Gasteiger partial charge in [0.2, 0.25) is 11.8 Å². The highest BCUT2D eigenvalue weighted by Crippen LogP contribution is 2.17. The normalized spacial score (nSPS) is 10.2. The fourth-order valence-corrected chi connectivity index (χ4v) is 2.47. The highest BCUT2D eigenvalue weighted by Gasteiger charge is 2.03. The monoisotopic (exact) mass is 397 g/mol. The molecule has 2 rings (SSSR count). The van der Waals surface area contributed by atoms with Gasteiger partial charge in [0.1, 0.15) is 6.42 Å². The fourth-order valence-electron chi connectivity index (χ4n) is 2.05.